The van der Waals surface area contributed by atoms with Crippen molar-refractivity contribution in [3.63, 3.8) is 0 Å². The number of nitrogens with one attached hydrogen (secondary N) is 1. The molecule has 0 aliphatic carbocycles. The minimum absolute atomic E-state index is 0.0607. The van der Waals surface area contributed by atoms with E-state index in [2.05, 4.69) is 32.8 Å². The quantitative estimate of drug-likeness (QED) is 0.337. The van der Waals surface area contributed by atoms with Gasteiger partial charge in [0.2, 0.25) is 7.29 Å². The maximum atomic E-state index is 15.3. The van der Waals surface area contributed by atoms with Crippen LogP contribution in [0.3, 0.4) is 0 Å². The lowest BCUT2D eigenvalue weighted by Crippen LogP contribution is -2.44. The Balaban J connectivity index is 2.03. The fourth-order valence-corrected chi connectivity index (χ4v) is 10.4. The Bertz CT molecular complexity index is 1320. The zero-order valence-corrected chi connectivity index (χ0v) is 22.5. The first-order valence-corrected chi connectivity index (χ1v) is 15.3. The second-order valence-electron chi connectivity index (χ2n) is 9.93. The first-order chi connectivity index (χ1) is 16.7. The fraction of sp³-hybridized carbons (Fsp3) is 0.200. The first-order valence-electron chi connectivity index (χ1n) is 11.9. The number of benzene rings is 4. The molecule has 0 fully saturated rings. The molecule has 0 bridgehead atoms. The van der Waals surface area contributed by atoms with Crippen LogP contribution in [0.1, 0.15) is 27.7 Å². The molecule has 0 aliphatic rings. The van der Waals surface area contributed by atoms with Crippen LogP contribution >= 0.6 is 14.4 Å². The summed E-state index contributed by atoms with van der Waals surface area (Å²) >= 11 is 0. The summed E-state index contributed by atoms with van der Waals surface area (Å²) in [4.78, 5) is 0. The predicted octanol–water partition coefficient (Wildman–Crippen LogP) is 5.58. The summed E-state index contributed by atoms with van der Waals surface area (Å²) in [6, 6.07) is 36.1. The lowest BCUT2D eigenvalue weighted by molar-refractivity contribution is 0.319. The molecule has 5 heteroatoms. The molecule has 0 amide bonds. The third-order valence-corrected chi connectivity index (χ3v) is 12.7. The Labute approximate surface area is 209 Å². The first kappa shape index (κ1) is 25.4. The Morgan fingerprint density at radius 2 is 0.943 bits per heavy atom. The van der Waals surface area contributed by atoms with Crippen molar-refractivity contribution in [2.24, 2.45) is 5.41 Å². The number of hydrogen-bond acceptors (Lipinski definition) is 2. The highest BCUT2D eigenvalue weighted by atomic mass is 31.2. The zero-order chi connectivity index (χ0) is 25.1. The number of rotatable bonds is 7. The Morgan fingerprint density at radius 1 is 0.571 bits per heavy atom. The highest BCUT2D eigenvalue weighted by Crippen LogP contribution is 2.48. The molecule has 4 aromatic rings. The van der Waals surface area contributed by atoms with Crippen LogP contribution < -0.4 is 31.6 Å². The summed E-state index contributed by atoms with van der Waals surface area (Å²) < 4.78 is 30.4. The van der Waals surface area contributed by atoms with Crippen LogP contribution in [0.5, 0.6) is 0 Å². The van der Waals surface area contributed by atoms with E-state index in [0.29, 0.717) is 15.9 Å². The highest BCUT2D eigenvalue weighted by Gasteiger charge is 2.40. The van der Waals surface area contributed by atoms with Gasteiger partial charge in [-0.2, -0.15) is 0 Å². The molecule has 0 spiro atoms. The van der Waals surface area contributed by atoms with E-state index in [1.54, 1.807) is 0 Å². The van der Waals surface area contributed by atoms with Crippen LogP contribution in [0.25, 0.3) is 0 Å². The molecule has 35 heavy (non-hydrogen) atoms. The Morgan fingerprint density at radius 3 is 1.37 bits per heavy atom. The zero-order valence-electron chi connectivity index (χ0n) is 20.8. The van der Waals surface area contributed by atoms with E-state index in [0.717, 1.165) is 10.6 Å². The van der Waals surface area contributed by atoms with Crippen molar-refractivity contribution >= 4 is 41.0 Å². The van der Waals surface area contributed by atoms with E-state index in [1.807, 2.05) is 115 Å². The second-order valence-corrected chi connectivity index (χ2v) is 15.1. The lowest BCUT2D eigenvalue weighted by Gasteiger charge is -2.34. The van der Waals surface area contributed by atoms with Gasteiger partial charge in [0, 0.05) is 32.6 Å². The SMILES string of the molecule is CC(NP(=O)(c1ccccc1)c1ccccc1P(=O)(c1ccccc1)c1ccccc1)C(C)(C)C. The molecule has 2 unspecified atom stereocenters. The highest BCUT2D eigenvalue weighted by molar-refractivity contribution is 7.88. The molecule has 0 saturated heterocycles. The molecule has 0 heterocycles. The van der Waals surface area contributed by atoms with E-state index in [1.165, 1.54) is 0 Å². The smallest absolute Gasteiger partial charge is 0.205 e. The summed E-state index contributed by atoms with van der Waals surface area (Å²) in [6.07, 6.45) is 0. The molecular weight excluding hydrogens is 468 g/mol. The molecule has 4 rings (SSSR count). The van der Waals surface area contributed by atoms with Crippen molar-refractivity contribution in [1.82, 2.24) is 5.09 Å². The minimum Gasteiger partial charge on any atom is -0.309 e. The van der Waals surface area contributed by atoms with Crippen molar-refractivity contribution in [2.75, 3.05) is 0 Å². The van der Waals surface area contributed by atoms with Gasteiger partial charge in [-0.15, -0.1) is 0 Å². The van der Waals surface area contributed by atoms with Crippen molar-refractivity contribution < 1.29 is 9.13 Å². The topological polar surface area (TPSA) is 46.2 Å². The molecule has 0 radical (unpaired) electrons. The van der Waals surface area contributed by atoms with Crippen LogP contribution in [0.2, 0.25) is 0 Å². The summed E-state index contributed by atoms with van der Waals surface area (Å²) in [7, 11) is -6.70. The van der Waals surface area contributed by atoms with Gasteiger partial charge in [-0.3, -0.25) is 9.65 Å². The minimum atomic E-state index is -3.37. The summed E-state index contributed by atoms with van der Waals surface area (Å²) in [6.45, 7) is 8.45. The summed E-state index contributed by atoms with van der Waals surface area (Å²) in [5.74, 6) is 0. The maximum Gasteiger partial charge on any atom is 0.205 e. The van der Waals surface area contributed by atoms with Crippen LogP contribution in [0.4, 0.5) is 0 Å². The fourth-order valence-electron chi connectivity index (χ4n) is 4.09. The van der Waals surface area contributed by atoms with Crippen molar-refractivity contribution in [1.29, 1.82) is 0 Å². The summed E-state index contributed by atoms with van der Waals surface area (Å²) in [5, 5.41) is 6.87. The average Bonchev–Trinajstić information content (AvgIpc) is 2.89. The van der Waals surface area contributed by atoms with Gasteiger partial charge in [-0.05, 0) is 30.5 Å². The molecule has 3 nitrogen and oxygen atoms in total. The van der Waals surface area contributed by atoms with Gasteiger partial charge in [-0.1, -0.05) is 118 Å². The van der Waals surface area contributed by atoms with Gasteiger partial charge in [0.1, 0.15) is 0 Å². The average molecular weight is 502 g/mol. The largest absolute Gasteiger partial charge is 0.309 e. The van der Waals surface area contributed by atoms with Gasteiger partial charge in [0.25, 0.3) is 0 Å². The lowest BCUT2D eigenvalue weighted by atomic mass is 9.89. The molecule has 0 saturated carbocycles. The molecule has 180 valence electrons. The van der Waals surface area contributed by atoms with Crippen LogP contribution in [0, 0.1) is 5.41 Å². The van der Waals surface area contributed by atoms with Gasteiger partial charge in [0.15, 0.2) is 7.14 Å². The third kappa shape index (κ3) is 5.00. The molecule has 0 aliphatic heterocycles. The number of hydrogen-bond donors (Lipinski definition) is 1. The van der Waals surface area contributed by atoms with Crippen molar-refractivity contribution in [3.05, 3.63) is 115 Å². The molecular formula is C30H33NO2P2. The van der Waals surface area contributed by atoms with Crippen LogP contribution in [-0.4, -0.2) is 6.04 Å². The molecule has 2 atom stereocenters. The molecule has 4 aromatic carbocycles. The van der Waals surface area contributed by atoms with E-state index < -0.39 is 14.4 Å². The van der Waals surface area contributed by atoms with E-state index in [4.69, 9.17) is 0 Å². The van der Waals surface area contributed by atoms with Crippen molar-refractivity contribution in [2.45, 2.75) is 33.7 Å². The van der Waals surface area contributed by atoms with Crippen molar-refractivity contribution in [3.8, 4) is 0 Å². The van der Waals surface area contributed by atoms with Gasteiger partial charge < -0.3 is 4.57 Å². The second kappa shape index (κ2) is 10.1. The normalized spacial score (nSPS) is 14.7. The van der Waals surface area contributed by atoms with Crippen LogP contribution in [0.15, 0.2) is 115 Å². The Hall–Kier alpha value is -2.70. The standard InChI is InChI=1S/C30H33NO2P2/c1-24(30(2,3)4)31-35(33,27-20-12-7-13-21-27)29-23-15-14-22-28(29)34(32,25-16-8-5-9-17-25)26-18-10-6-11-19-26/h5-24H,1-4H3,(H,31,33). The van der Waals surface area contributed by atoms with E-state index in [9.17, 15) is 0 Å². The monoisotopic (exact) mass is 501 g/mol. The van der Waals surface area contributed by atoms with Gasteiger partial charge in [-0.25, -0.2) is 0 Å². The van der Waals surface area contributed by atoms with Gasteiger partial charge >= 0.3 is 0 Å². The predicted molar refractivity (Wildman–Crippen MR) is 151 cm³/mol. The van der Waals surface area contributed by atoms with E-state index in [-0.39, 0.29) is 11.5 Å². The maximum absolute atomic E-state index is 15.3. The van der Waals surface area contributed by atoms with E-state index >= 15 is 9.13 Å². The molecule has 1 N–H and O–H groups in total. The van der Waals surface area contributed by atoms with Crippen LogP contribution in [-0.2, 0) is 9.13 Å². The summed E-state index contributed by atoms with van der Waals surface area (Å²) in [5.41, 5.74) is -0.123. The Kier molecular flexibility index (Phi) is 7.34. The molecule has 0 aromatic heterocycles. The third-order valence-electron chi connectivity index (χ3n) is 6.59. The van der Waals surface area contributed by atoms with Gasteiger partial charge in [0.05, 0.1) is 0 Å².